The van der Waals surface area contributed by atoms with E-state index in [2.05, 4.69) is 29.6 Å². The van der Waals surface area contributed by atoms with Gasteiger partial charge in [0.05, 0.1) is 19.3 Å². The molecule has 4 atom stereocenters. The summed E-state index contributed by atoms with van der Waals surface area (Å²) in [5.41, 5.74) is 1.24. The molecule has 146 valence electrons. The van der Waals surface area contributed by atoms with E-state index in [0.29, 0.717) is 11.8 Å². The molecule has 1 heterocycles. The minimum atomic E-state index is -0.0732. The smallest absolute Gasteiger partial charge is 0.239 e. The summed E-state index contributed by atoms with van der Waals surface area (Å²) in [5.74, 6) is 1.31. The van der Waals surface area contributed by atoms with Gasteiger partial charge in [0.2, 0.25) is 11.8 Å². The predicted molar refractivity (Wildman–Crippen MR) is 103 cm³/mol. The molecule has 0 unspecified atom stereocenters. The number of ether oxygens (including phenoxy) is 1. The van der Waals surface area contributed by atoms with Gasteiger partial charge >= 0.3 is 0 Å². The molecular formula is C22H30N2O3. The van der Waals surface area contributed by atoms with Crippen molar-refractivity contribution in [1.29, 1.82) is 0 Å². The van der Waals surface area contributed by atoms with Crippen molar-refractivity contribution in [3.05, 3.63) is 35.9 Å². The predicted octanol–water partition coefficient (Wildman–Crippen LogP) is 2.92. The van der Waals surface area contributed by atoms with Crippen molar-refractivity contribution in [2.45, 2.75) is 50.7 Å². The number of nitrogens with zero attached hydrogens (tertiary/aromatic N) is 1. The summed E-state index contributed by atoms with van der Waals surface area (Å²) in [5, 5.41) is 2.68. The van der Waals surface area contributed by atoms with Crippen LogP contribution < -0.4 is 5.32 Å². The van der Waals surface area contributed by atoms with Crippen molar-refractivity contribution in [3.63, 3.8) is 0 Å². The Bertz CT molecular complexity index is 673. The molecule has 1 saturated heterocycles. The maximum atomic E-state index is 13.0. The Labute approximate surface area is 161 Å². The fraction of sp³-hybridized carbons (Fsp3) is 0.636. The topological polar surface area (TPSA) is 58.6 Å². The fourth-order valence-electron chi connectivity index (χ4n) is 4.92. The van der Waals surface area contributed by atoms with Gasteiger partial charge in [-0.3, -0.25) is 9.59 Å². The number of likely N-dealkylation sites (N-methyl/N-ethyl adjacent to an activating group) is 1. The SMILES string of the molecule is CNC(=O)CN(C(=O)C1CCC1)[C@@H]1C[C@@H]2CO[C@H](c3ccccc3)C[C@@H]2C1. The first-order valence-electron chi connectivity index (χ1n) is 10.3. The second kappa shape index (κ2) is 8.01. The summed E-state index contributed by atoms with van der Waals surface area (Å²) in [4.78, 5) is 26.9. The Balaban J connectivity index is 1.44. The molecule has 27 heavy (non-hydrogen) atoms. The molecule has 3 aliphatic rings. The fourth-order valence-corrected chi connectivity index (χ4v) is 4.92. The number of fused-ring (bicyclic) bond motifs is 1. The van der Waals surface area contributed by atoms with Crippen LogP contribution >= 0.6 is 0 Å². The van der Waals surface area contributed by atoms with E-state index in [0.717, 1.165) is 45.1 Å². The maximum Gasteiger partial charge on any atom is 0.239 e. The Morgan fingerprint density at radius 3 is 2.52 bits per heavy atom. The van der Waals surface area contributed by atoms with E-state index in [1.807, 2.05) is 11.0 Å². The van der Waals surface area contributed by atoms with Gasteiger partial charge in [-0.2, -0.15) is 0 Å². The lowest BCUT2D eigenvalue weighted by Crippen LogP contribution is -2.48. The molecule has 3 fully saturated rings. The van der Waals surface area contributed by atoms with Crippen molar-refractivity contribution in [2.24, 2.45) is 17.8 Å². The lowest BCUT2D eigenvalue weighted by molar-refractivity contribution is -0.144. The molecule has 5 nitrogen and oxygen atoms in total. The number of carbonyl (C=O) groups is 2. The highest BCUT2D eigenvalue weighted by atomic mass is 16.5. The first-order valence-corrected chi connectivity index (χ1v) is 10.3. The Morgan fingerprint density at radius 1 is 1.11 bits per heavy atom. The summed E-state index contributed by atoms with van der Waals surface area (Å²) in [7, 11) is 1.64. The monoisotopic (exact) mass is 370 g/mol. The zero-order chi connectivity index (χ0) is 18.8. The van der Waals surface area contributed by atoms with Crippen LogP contribution in [0.3, 0.4) is 0 Å². The molecule has 1 aliphatic heterocycles. The first-order chi connectivity index (χ1) is 13.2. The minimum Gasteiger partial charge on any atom is -0.373 e. The second-order valence-corrected chi connectivity index (χ2v) is 8.38. The van der Waals surface area contributed by atoms with E-state index in [9.17, 15) is 9.59 Å². The van der Waals surface area contributed by atoms with Crippen LogP contribution in [-0.2, 0) is 14.3 Å². The molecule has 0 bridgehead atoms. The zero-order valence-electron chi connectivity index (χ0n) is 16.1. The van der Waals surface area contributed by atoms with Crippen LogP contribution in [0, 0.1) is 17.8 Å². The van der Waals surface area contributed by atoms with E-state index in [1.54, 1.807) is 7.05 Å². The Morgan fingerprint density at radius 2 is 1.85 bits per heavy atom. The van der Waals surface area contributed by atoms with Gasteiger partial charge in [0.25, 0.3) is 0 Å². The minimum absolute atomic E-state index is 0.0732. The summed E-state index contributed by atoms with van der Waals surface area (Å²) >= 11 is 0. The molecule has 2 saturated carbocycles. The Hall–Kier alpha value is -1.88. The van der Waals surface area contributed by atoms with Crippen LogP contribution in [0.4, 0.5) is 0 Å². The van der Waals surface area contributed by atoms with Crippen LogP contribution in [0.1, 0.15) is 50.2 Å². The average molecular weight is 370 g/mol. The highest BCUT2D eigenvalue weighted by Crippen LogP contribution is 2.45. The van der Waals surface area contributed by atoms with Crippen molar-refractivity contribution in [1.82, 2.24) is 10.2 Å². The molecule has 2 amide bonds. The van der Waals surface area contributed by atoms with Crippen LogP contribution in [-0.4, -0.2) is 43.0 Å². The van der Waals surface area contributed by atoms with E-state index >= 15 is 0 Å². The largest absolute Gasteiger partial charge is 0.373 e. The normalized spacial score (nSPS) is 30.3. The van der Waals surface area contributed by atoms with Crippen LogP contribution in [0.5, 0.6) is 0 Å². The molecule has 0 radical (unpaired) electrons. The molecule has 4 rings (SSSR count). The first kappa shape index (κ1) is 18.5. The standard InChI is InChI=1S/C22H30N2O3/c1-23-21(25)13-24(22(26)16-8-5-9-16)19-10-17-12-20(27-14-18(17)11-19)15-6-3-2-4-7-15/h2-4,6-7,16-20H,5,8-14H2,1H3,(H,23,25)/t17-,18+,19-,20-/m0/s1. The molecular weight excluding hydrogens is 340 g/mol. The molecule has 1 aromatic carbocycles. The van der Waals surface area contributed by atoms with Crippen LogP contribution in [0.25, 0.3) is 0 Å². The van der Waals surface area contributed by atoms with Gasteiger partial charge in [0.1, 0.15) is 0 Å². The number of benzene rings is 1. The summed E-state index contributed by atoms with van der Waals surface area (Å²) < 4.78 is 6.17. The van der Waals surface area contributed by atoms with Gasteiger partial charge in [-0.1, -0.05) is 36.8 Å². The highest BCUT2D eigenvalue weighted by Gasteiger charge is 2.44. The average Bonchev–Trinajstić information content (AvgIpc) is 3.07. The van der Waals surface area contributed by atoms with Crippen LogP contribution in [0.2, 0.25) is 0 Å². The highest BCUT2D eigenvalue weighted by molar-refractivity contribution is 5.86. The van der Waals surface area contributed by atoms with E-state index in [4.69, 9.17) is 4.74 Å². The summed E-state index contributed by atoms with van der Waals surface area (Å²) in [6.07, 6.45) is 6.20. The number of carbonyl (C=O) groups excluding carboxylic acids is 2. The van der Waals surface area contributed by atoms with Gasteiger partial charge in [-0.05, 0) is 49.5 Å². The van der Waals surface area contributed by atoms with Gasteiger partial charge in [0, 0.05) is 19.0 Å². The molecule has 0 aromatic heterocycles. The van der Waals surface area contributed by atoms with E-state index in [-0.39, 0.29) is 36.4 Å². The number of amides is 2. The quantitative estimate of drug-likeness (QED) is 0.867. The van der Waals surface area contributed by atoms with Crippen molar-refractivity contribution in [3.8, 4) is 0 Å². The van der Waals surface area contributed by atoms with Crippen molar-refractivity contribution in [2.75, 3.05) is 20.2 Å². The third-order valence-corrected chi connectivity index (χ3v) is 6.79. The lowest BCUT2D eigenvalue weighted by atomic mass is 9.84. The van der Waals surface area contributed by atoms with Gasteiger partial charge < -0.3 is 15.0 Å². The maximum absolute atomic E-state index is 13.0. The van der Waals surface area contributed by atoms with Crippen LogP contribution in [0.15, 0.2) is 30.3 Å². The molecule has 2 aliphatic carbocycles. The van der Waals surface area contributed by atoms with Gasteiger partial charge in [-0.15, -0.1) is 0 Å². The number of hydrogen-bond donors (Lipinski definition) is 1. The second-order valence-electron chi connectivity index (χ2n) is 8.38. The lowest BCUT2D eigenvalue weighted by Gasteiger charge is -2.35. The zero-order valence-corrected chi connectivity index (χ0v) is 16.1. The number of rotatable bonds is 5. The third-order valence-electron chi connectivity index (χ3n) is 6.79. The Kier molecular flexibility index (Phi) is 5.48. The van der Waals surface area contributed by atoms with Gasteiger partial charge in [0.15, 0.2) is 0 Å². The molecule has 1 aromatic rings. The van der Waals surface area contributed by atoms with E-state index < -0.39 is 0 Å². The number of hydrogen-bond acceptors (Lipinski definition) is 3. The van der Waals surface area contributed by atoms with Gasteiger partial charge in [-0.25, -0.2) is 0 Å². The summed E-state index contributed by atoms with van der Waals surface area (Å²) in [6.45, 7) is 0.949. The van der Waals surface area contributed by atoms with Crippen molar-refractivity contribution >= 4 is 11.8 Å². The molecule has 0 spiro atoms. The third kappa shape index (κ3) is 3.88. The number of nitrogens with one attached hydrogen (secondary N) is 1. The van der Waals surface area contributed by atoms with Crippen molar-refractivity contribution < 1.29 is 14.3 Å². The molecule has 1 N–H and O–H groups in total. The summed E-state index contributed by atoms with van der Waals surface area (Å²) in [6, 6.07) is 10.6. The van der Waals surface area contributed by atoms with E-state index in [1.165, 1.54) is 5.56 Å². The molecule has 5 heteroatoms.